The molecule has 1 nitrogen and oxygen atoms in total. The summed E-state index contributed by atoms with van der Waals surface area (Å²) in [6.07, 6.45) is 7.49. The van der Waals surface area contributed by atoms with Gasteiger partial charge in [0.25, 0.3) is 0 Å². The van der Waals surface area contributed by atoms with E-state index < -0.39 is 0 Å². The lowest BCUT2D eigenvalue weighted by molar-refractivity contribution is 0.738. The third-order valence-electron chi connectivity index (χ3n) is 3.52. The fourth-order valence-electron chi connectivity index (χ4n) is 2.77. The second-order valence-corrected chi connectivity index (χ2v) is 4.49. The second-order valence-electron chi connectivity index (χ2n) is 4.49. The first kappa shape index (κ1) is 9.17. The summed E-state index contributed by atoms with van der Waals surface area (Å²) in [4.78, 5) is 0. The van der Waals surface area contributed by atoms with Crippen LogP contribution in [0.1, 0.15) is 29.5 Å². The zero-order chi connectivity index (χ0) is 10.1. The summed E-state index contributed by atoms with van der Waals surface area (Å²) in [6, 6.07) is 6.81. The van der Waals surface area contributed by atoms with Crippen LogP contribution in [0.25, 0.3) is 5.57 Å². The van der Waals surface area contributed by atoms with E-state index in [1.807, 2.05) is 0 Å². The molecule has 1 N–H and O–H groups in total. The van der Waals surface area contributed by atoms with Crippen molar-refractivity contribution in [2.75, 3.05) is 13.1 Å². The zero-order valence-electron chi connectivity index (χ0n) is 9.05. The molecule has 0 atom stereocenters. The second kappa shape index (κ2) is 3.82. The van der Waals surface area contributed by atoms with Gasteiger partial charge in [-0.25, -0.2) is 0 Å². The van der Waals surface area contributed by atoms with Crippen LogP contribution in [-0.4, -0.2) is 13.1 Å². The van der Waals surface area contributed by atoms with Gasteiger partial charge in [-0.2, -0.15) is 0 Å². The molecule has 0 radical (unpaired) electrons. The fourth-order valence-corrected chi connectivity index (χ4v) is 2.77. The van der Waals surface area contributed by atoms with Crippen molar-refractivity contribution in [2.24, 2.45) is 0 Å². The molecule has 0 unspecified atom stereocenters. The highest BCUT2D eigenvalue weighted by Crippen LogP contribution is 2.30. The Morgan fingerprint density at radius 1 is 1.13 bits per heavy atom. The van der Waals surface area contributed by atoms with Crippen molar-refractivity contribution >= 4 is 5.57 Å². The maximum Gasteiger partial charge on any atom is 0.0208 e. The molecular weight excluding hydrogens is 182 g/mol. The summed E-state index contributed by atoms with van der Waals surface area (Å²) in [7, 11) is 0. The van der Waals surface area contributed by atoms with Crippen molar-refractivity contribution in [2.45, 2.75) is 25.7 Å². The van der Waals surface area contributed by atoms with Gasteiger partial charge in [0, 0.05) is 6.54 Å². The summed E-state index contributed by atoms with van der Waals surface area (Å²) in [5.74, 6) is 0. The van der Waals surface area contributed by atoms with E-state index in [0.29, 0.717) is 0 Å². The first-order valence-electron chi connectivity index (χ1n) is 5.96. The summed E-state index contributed by atoms with van der Waals surface area (Å²) in [5.41, 5.74) is 6.23. The largest absolute Gasteiger partial charge is 0.312 e. The van der Waals surface area contributed by atoms with Crippen LogP contribution >= 0.6 is 0 Å². The Hall–Kier alpha value is -1.08. The molecule has 1 aliphatic carbocycles. The molecule has 0 bridgehead atoms. The predicted molar refractivity (Wildman–Crippen MR) is 63.9 cm³/mol. The minimum absolute atomic E-state index is 1.05. The van der Waals surface area contributed by atoms with Gasteiger partial charge in [-0.1, -0.05) is 24.3 Å². The molecule has 1 aromatic carbocycles. The molecule has 78 valence electrons. The van der Waals surface area contributed by atoms with Crippen molar-refractivity contribution in [3.05, 3.63) is 41.0 Å². The van der Waals surface area contributed by atoms with E-state index in [-0.39, 0.29) is 0 Å². The molecule has 3 rings (SSSR count). The first-order chi connectivity index (χ1) is 7.45. The number of fused-ring (bicyclic) bond motifs is 1. The van der Waals surface area contributed by atoms with Gasteiger partial charge in [-0.3, -0.25) is 0 Å². The van der Waals surface area contributed by atoms with Crippen LogP contribution in [0.5, 0.6) is 0 Å². The lowest BCUT2D eigenvalue weighted by Gasteiger charge is -2.17. The average Bonchev–Trinajstić information content (AvgIpc) is 2.78. The maximum absolute atomic E-state index is 3.46. The van der Waals surface area contributed by atoms with E-state index >= 15 is 0 Å². The fraction of sp³-hybridized carbons (Fsp3) is 0.429. The SMILES string of the molecule is C1=C(c2cccc3c2CCC3)CNCC1. The van der Waals surface area contributed by atoms with Crippen LogP contribution < -0.4 is 5.32 Å². The van der Waals surface area contributed by atoms with Gasteiger partial charge in [-0.15, -0.1) is 0 Å². The predicted octanol–water partition coefficient (Wildman–Crippen LogP) is 2.55. The van der Waals surface area contributed by atoms with Crippen LogP contribution in [0.4, 0.5) is 0 Å². The normalized spacial score (nSPS) is 19.9. The lowest BCUT2D eigenvalue weighted by atomic mass is 9.95. The van der Waals surface area contributed by atoms with Crippen molar-refractivity contribution in [1.29, 1.82) is 0 Å². The van der Waals surface area contributed by atoms with E-state index in [4.69, 9.17) is 0 Å². The summed E-state index contributed by atoms with van der Waals surface area (Å²) in [6.45, 7) is 2.19. The molecule has 2 aliphatic rings. The topological polar surface area (TPSA) is 12.0 Å². The molecule has 15 heavy (non-hydrogen) atoms. The molecule has 1 aliphatic heterocycles. The lowest BCUT2D eigenvalue weighted by Crippen LogP contribution is -2.21. The van der Waals surface area contributed by atoms with Crippen molar-refractivity contribution in [3.8, 4) is 0 Å². The Balaban J connectivity index is 2.04. The van der Waals surface area contributed by atoms with Crippen LogP contribution in [0.2, 0.25) is 0 Å². The Morgan fingerprint density at radius 3 is 3.00 bits per heavy atom. The minimum atomic E-state index is 1.05. The third kappa shape index (κ3) is 1.61. The molecule has 1 heterocycles. The van der Waals surface area contributed by atoms with Crippen molar-refractivity contribution in [3.63, 3.8) is 0 Å². The average molecular weight is 199 g/mol. The Kier molecular flexibility index (Phi) is 2.34. The molecule has 1 heteroatoms. The number of hydrogen-bond donors (Lipinski definition) is 1. The van der Waals surface area contributed by atoms with Crippen molar-refractivity contribution in [1.82, 2.24) is 5.32 Å². The highest BCUT2D eigenvalue weighted by atomic mass is 14.9. The van der Waals surface area contributed by atoms with E-state index in [1.54, 1.807) is 11.1 Å². The quantitative estimate of drug-likeness (QED) is 0.733. The maximum atomic E-state index is 3.46. The van der Waals surface area contributed by atoms with Gasteiger partial charge in [0.2, 0.25) is 0 Å². The van der Waals surface area contributed by atoms with Gasteiger partial charge >= 0.3 is 0 Å². The van der Waals surface area contributed by atoms with Crippen LogP contribution in [0.15, 0.2) is 24.3 Å². The van der Waals surface area contributed by atoms with Gasteiger partial charge in [-0.05, 0) is 54.5 Å². The van der Waals surface area contributed by atoms with Gasteiger partial charge in [0.1, 0.15) is 0 Å². The first-order valence-corrected chi connectivity index (χ1v) is 5.96. The van der Waals surface area contributed by atoms with Gasteiger partial charge in [0.15, 0.2) is 0 Å². The molecule has 0 saturated heterocycles. The van der Waals surface area contributed by atoms with E-state index in [0.717, 1.165) is 13.1 Å². The summed E-state index contributed by atoms with van der Waals surface area (Å²) >= 11 is 0. The Morgan fingerprint density at radius 2 is 2.13 bits per heavy atom. The van der Waals surface area contributed by atoms with Gasteiger partial charge < -0.3 is 5.32 Å². The van der Waals surface area contributed by atoms with Crippen LogP contribution in [-0.2, 0) is 12.8 Å². The number of hydrogen-bond acceptors (Lipinski definition) is 1. The van der Waals surface area contributed by atoms with E-state index in [9.17, 15) is 0 Å². The molecule has 0 amide bonds. The molecule has 0 spiro atoms. The standard InChI is InChI=1S/C14H17N/c1-4-11-5-2-8-14(13(11)7-1)12-6-3-9-15-10-12/h2,5-6,8,15H,1,3-4,7,9-10H2. The number of rotatable bonds is 1. The minimum Gasteiger partial charge on any atom is -0.312 e. The molecule has 1 aromatic rings. The Bertz CT molecular complexity index is 404. The zero-order valence-corrected chi connectivity index (χ0v) is 9.05. The van der Waals surface area contributed by atoms with Crippen molar-refractivity contribution < 1.29 is 0 Å². The van der Waals surface area contributed by atoms with E-state index in [1.165, 1.54) is 36.8 Å². The van der Waals surface area contributed by atoms with Crippen LogP contribution in [0, 0.1) is 0 Å². The number of nitrogens with one attached hydrogen (secondary N) is 1. The summed E-state index contributed by atoms with van der Waals surface area (Å²) < 4.78 is 0. The number of aryl methyl sites for hydroxylation is 1. The third-order valence-corrected chi connectivity index (χ3v) is 3.52. The highest BCUT2D eigenvalue weighted by Gasteiger charge is 2.16. The summed E-state index contributed by atoms with van der Waals surface area (Å²) in [5, 5.41) is 3.46. The van der Waals surface area contributed by atoms with Crippen LogP contribution in [0.3, 0.4) is 0 Å². The number of benzene rings is 1. The Labute approximate surface area is 91.2 Å². The smallest absolute Gasteiger partial charge is 0.0208 e. The highest BCUT2D eigenvalue weighted by molar-refractivity contribution is 5.71. The van der Waals surface area contributed by atoms with Gasteiger partial charge in [0.05, 0.1) is 0 Å². The molecule has 0 fully saturated rings. The molecular formula is C14H17N. The molecule has 0 aromatic heterocycles. The molecule has 0 saturated carbocycles. The van der Waals surface area contributed by atoms with E-state index in [2.05, 4.69) is 29.6 Å². The monoisotopic (exact) mass is 199 g/mol.